The fraction of sp³-hybridized carbons (Fsp3) is 0.105. The normalized spacial score (nSPS) is 16.6. The van der Waals surface area contributed by atoms with Gasteiger partial charge in [-0.05, 0) is 12.1 Å². The third-order valence-electron chi connectivity index (χ3n) is 3.32. The van der Waals surface area contributed by atoms with Gasteiger partial charge in [0.15, 0.2) is 5.76 Å². The molecular weight excluding hydrogens is 324 g/mol. The van der Waals surface area contributed by atoms with Crippen LogP contribution in [0, 0.1) is 0 Å². The topological polar surface area (TPSA) is 44.5 Å². The molecule has 1 aliphatic rings. The lowest BCUT2D eigenvalue weighted by molar-refractivity contribution is -0.348. The Morgan fingerprint density at radius 1 is 0.917 bits per heavy atom. The van der Waals surface area contributed by atoms with Gasteiger partial charge in [-0.1, -0.05) is 48.0 Å². The summed E-state index contributed by atoms with van der Waals surface area (Å²) in [5.74, 6) is 1.08. The highest BCUT2D eigenvalue weighted by atomic mass is 35.5. The minimum Gasteiger partial charge on any atom is -0.487 e. The molecule has 2 aromatic carbocycles. The number of ether oxygens (including phenoxy) is 2. The third kappa shape index (κ3) is 4.40. The molecule has 1 aliphatic heterocycles. The van der Waals surface area contributed by atoms with Crippen LogP contribution in [-0.4, -0.2) is 19.4 Å². The highest BCUT2D eigenvalue weighted by Crippen LogP contribution is 2.23. The number of allylic oxidation sites excluding steroid dienone is 2. The number of halogens is 1. The Bertz CT molecular complexity index is 755. The first-order valence-electron chi connectivity index (χ1n) is 7.65. The lowest BCUT2D eigenvalue weighted by Crippen LogP contribution is -2.61. The molecule has 5 heteroatoms. The molecule has 0 atom stereocenters. The second-order valence-electron chi connectivity index (χ2n) is 5.05. The summed E-state index contributed by atoms with van der Waals surface area (Å²) in [6.45, 7) is 0.863. The molecule has 3 rings (SSSR count). The first kappa shape index (κ1) is 16.1. The van der Waals surface area contributed by atoms with E-state index in [1.54, 1.807) is 12.4 Å². The van der Waals surface area contributed by atoms with Gasteiger partial charge in [0.2, 0.25) is 17.7 Å². The summed E-state index contributed by atoms with van der Waals surface area (Å²) in [4.78, 5) is 3.17. The van der Waals surface area contributed by atoms with Crippen molar-refractivity contribution in [3.8, 4) is 0 Å². The molecule has 24 heavy (non-hydrogen) atoms. The smallest absolute Gasteiger partial charge is 0.211 e. The van der Waals surface area contributed by atoms with E-state index in [-0.39, 0.29) is 0 Å². The monoisotopic (exact) mass is 341 g/mol. The highest BCUT2D eigenvalue weighted by molar-refractivity contribution is 6.33. The van der Waals surface area contributed by atoms with Crippen LogP contribution in [0.3, 0.4) is 0 Å². The Morgan fingerprint density at radius 3 is 2.33 bits per heavy atom. The number of rotatable bonds is 4. The van der Waals surface area contributed by atoms with Crippen molar-refractivity contribution in [2.24, 2.45) is 0 Å². The molecule has 0 aromatic heterocycles. The van der Waals surface area contributed by atoms with Crippen LogP contribution in [0.2, 0.25) is 0 Å². The van der Waals surface area contributed by atoms with Gasteiger partial charge in [0.1, 0.15) is 18.2 Å². The molecule has 1 heterocycles. The maximum atomic E-state index is 6.44. The standard InChI is InChI=1S/C19H17ClN2O2/c20-19-17(13-21-15-7-3-1-4-8-15)23-11-12-24-18(19)14-22-16-9-5-2-6-10-16/h1-10,13-14,21H,11-12H2/p+1/b17-13-,22-14?. The summed E-state index contributed by atoms with van der Waals surface area (Å²) in [6, 6.07) is 19.6. The van der Waals surface area contributed by atoms with Crippen LogP contribution in [0.15, 0.2) is 83.4 Å². The van der Waals surface area contributed by atoms with Gasteiger partial charge in [-0.15, -0.1) is 0 Å². The van der Waals surface area contributed by atoms with Crippen molar-refractivity contribution in [2.45, 2.75) is 0 Å². The fourth-order valence-electron chi connectivity index (χ4n) is 2.13. The molecule has 0 unspecified atom stereocenters. The molecule has 0 saturated heterocycles. The fourth-order valence-corrected chi connectivity index (χ4v) is 2.35. The third-order valence-corrected chi connectivity index (χ3v) is 3.69. The average Bonchev–Trinajstić information content (AvgIpc) is 2.81. The van der Waals surface area contributed by atoms with Gasteiger partial charge < -0.3 is 14.8 Å². The zero-order valence-electron chi connectivity index (χ0n) is 13.0. The number of hydrogen-bond donors (Lipinski definition) is 2. The zero-order valence-corrected chi connectivity index (χ0v) is 13.8. The van der Waals surface area contributed by atoms with E-state index in [1.165, 1.54) is 0 Å². The second kappa shape index (κ2) is 8.22. The van der Waals surface area contributed by atoms with Crippen molar-refractivity contribution in [1.82, 2.24) is 0 Å². The van der Waals surface area contributed by atoms with Crippen LogP contribution < -0.4 is 10.3 Å². The van der Waals surface area contributed by atoms with Crippen molar-refractivity contribution in [1.29, 1.82) is 0 Å². The van der Waals surface area contributed by atoms with Crippen LogP contribution in [0.4, 0.5) is 11.4 Å². The number of nitrogens with one attached hydrogen (secondary N) is 2. The van der Waals surface area contributed by atoms with Crippen LogP contribution in [0.5, 0.6) is 0 Å². The first-order valence-corrected chi connectivity index (χ1v) is 8.03. The van der Waals surface area contributed by atoms with Crippen molar-refractivity contribution in [3.05, 3.63) is 83.4 Å². The lowest BCUT2D eigenvalue weighted by Gasteiger charge is -2.06. The summed E-state index contributed by atoms with van der Waals surface area (Å²) in [7, 11) is 0. The Balaban J connectivity index is 1.80. The summed E-state index contributed by atoms with van der Waals surface area (Å²) < 4.78 is 11.3. The largest absolute Gasteiger partial charge is 0.487 e. The quantitative estimate of drug-likeness (QED) is 0.840. The maximum Gasteiger partial charge on any atom is 0.211 e. The SMILES string of the molecule is ClC1=C(C=[NH+]c2ccccc2)OCCO/C1=C\Nc1ccccc1. The van der Waals surface area contributed by atoms with Crippen LogP contribution >= 0.6 is 11.6 Å². The van der Waals surface area contributed by atoms with E-state index in [0.717, 1.165) is 11.4 Å². The highest BCUT2D eigenvalue weighted by Gasteiger charge is 2.17. The van der Waals surface area contributed by atoms with Crippen LogP contribution in [0.25, 0.3) is 0 Å². The predicted octanol–water partition coefficient (Wildman–Crippen LogP) is 2.92. The van der Waals surface area contributed by atoms with Crippen molar-refractivity contribution >= 4 is 29.2 Å². The van der Waals surface area contributed by atoms with E-state index in [2.05, 4.69) is 10.3 Å². The molecule has 4 nitrogen and oxygen atoms in total. The minimum atomic E-state index is 0.416. The molecule has 0 saturated carbocycles. The Morgan fingerprint density at radius 2 is 1.58 bits per heavy atom. The van der Waals surface area contributed by atoms with Crippen LogP contribution in [-0.2, 0) is 9.47 Å². The molecule has 0 bridgehead atoms. The number of hydrogen-bond acceptors (Lipinski definition) is 3. The van der Waals surface area contributed by atoms with Crippen molar-refractivity contribution in [2.75, 3.05) is 18.5 Å². The first-order chi connectivity index (χ1) is 11.8. The predicted molar refractivity (Wildman–Crippen MR) is 96.1 cm³/mol. The van der Waals surface area contributed by atoms with Gasteiger partial charge in [-0.25, -0.2) is 4.99 Å². The molecule has 0 amide bonds. The maximum absolute atomic E-state index is 6.44. The Kier molecular flexibility index (Phi) is 5.53. The molecule has 2 aromatic rings. The molecule has 0 fully saturated rings. The van der Waals surface area contributed by atoms with E-state index < -0.39 is 0 Å². The molecular formula is C19H18ClN2O2+. The van der Waals surface area contributed by atoms with Gasteiger partial charge in [0.25, 0.3) is 0 Å². The number of para-hydroxylation sites is 2. The minimum absolute atomic E-state index is 0.416. The van der Waals surface area contributed by atoms with E-state index >= 15 is 0 Å². The molecule has 0 spiro atoms. The van der Waals surface area contributed by atoms with Crippen LogP contribution in [0.1, 0.15) is 0 Å². The molecule has 2 N–H and O–H groups in total. The van der Waals surface area contributed by atoms with Gasteiger partial charge in [-0.2, -0.15) is 0 Å². The molecule has 0 radical (unpaired) electrons. The number of benzene rings is 2. The summed E-state index contributed by atoms with van der Waals surface area (Å²) in [6.07, 6.45) is 3.48. The average molecular weight is 342 g/mol. The van der Waals surface area contributed by atoms with Gasteiger partial charge in [0.05, 0.1) is 0 Å². The molecule has 0 aliphatic carbocycles. The lowest BCUT2D eigenvalue weighted by atomic mass is 10.3. The summed E-state index contributed by atoms with van der Waals surface area (Å²) >= 11 is 6.44. The van der Waals surface area contributed by atoms with Gasteiger partial charge in [-0.3, -0.25) is 0 Å². The molecule has 122 valence electrons. The second-order valence-corrected chi connectivity index (χ2v) is 5.43. The van der Waals surface area contributed by atoms with Gasteiger partial charge >= 0.3 is 0 Å². The van der Waals surface area contributed by atoms with E-state index in [4.69, 9.17) is 21.1 Å². The summed E-state index contributed by atoms with van der Waals surface area (Å²) in [5, 5.41) is 3.59. The Labute approximate surface area is 146 Å². The number of anilines is 1. The van der Waals surface area contributed by atoms with Crippen molar-refractivity contribution in [3.63, 3.8) is 0 Å². The Hall–Kier alpha value is -2.72. The van der Waals surface area contributed by atoms with Gasteiger partial charge in [0, 0.05) is 24.0 Å². The zero-order chi connectivity index (χ0) is 16.6. The van der Waals surface area contributed by atoms with E-state index in [9.17, 15) is 0 Å². The van der Waals surface area contributed by atoms with E-state index in [0.29, 0.717) is 29.8 Å². The van der Waals surface area contributed by atoms with Crippen molar-refractivity contribution < 1.29 is 14.5 Å². The summed E-state index contributed by atoms with van der Waals surface area (Å²) in [5.41, 5.74) is 1.91. The van der Waals surface area contributed by atoms with E-state index in [1.807, 2.05) is 60.7 Å².